The average Bonchev–Trinajstić information content (AvgIpc) is 2.27. The van der Waals surface area contributed by atoms with E-state index < -0.39 is 0 Å². The lowest BCUT2D eigenvalue weighted by Gasteiger charge is -2.33. The van der Waals surface area contributed by atoms with Crippen molar-refractivity contribution < 1.29 is 9.47 Å². The molecule has 2 fully saturated rings. The molecule has 2 unspecified atom stereocenters. The highest BCUT2D eigenvalue weighted by Gasteiger charge is 2.36. The van der Waals surface area contributed by atoms with Gasteiger partial charge in [0, 0.05) is 0 Å². The van der Waals surface area contributed by atoms with Crippen molar-refractivity contribution in [2.24, 2.45) is 0 Å². The van der Waals surface area contributed by atoms with Gasteiger partial charge in [0.2, 0.25) is 0 Å². The maximum atomic E-state index is 5.98. The molecule has 0 aromatic heterocycles. The zero-order chi connectivity index (χ0) is 9.47. The Morgan fingerprint density at radius 1 is 1.08 bits per heavy atom. The summed E-state index contributed by atoms with van der Waals surface area (Å²) < 4.78 is 11.7. The van der Waals surface area contributed by atoms with E-state index in [9.17, 15) is 0 Å². The number of ether oxygens (including phenoxy) is 2. The molecule has 2 aliphatic heterocycles. The Morgan fingerprint density at radius 3 is 2.08 bits per heavy atom. The van der Waals surface area contributed by atoms with Crippen LogP contribution in [0.25, 0.3) is 0 Å². The Kier molecular flexibility index (Phi) is 2.37. The normalized spacial score (nSPS) is 39.5. The molecule has 0 aliphatic carbocycles. The summed E-state index contributed by atoms with van der Waals surface area (Å²) in [6.45, 7) is 6.39. The molecule has 0 aromatic carbocycles. The van der Waals surface area contributed by atoms with Crippen LogP contribution in [0, 0.1) is 0 Å². The first-order valence-corrected chi connectivity index (χ1v) is 5.36. The van der Waals surface area contributed by atoms with Crippen molar-refractivity contribution in [1.29, 1.82) is 0 Å². The summed E-state index contributed by atoms with van der Waals surface area (Å²) in [4.78, 5) is 0. The van der Waals surface area contributed by atoms with Crippen molar-refractivity contribution in [1.82, 2.24) is 0 Å². The summed E-state index contributed by atoms with van der Waals surface area (Å²) in [5.41, 5.74) is 0.00144. The summed E-state index contributed by atoms with van der Waals surface area (Å²) in [5, 5.41) is 0. The molecule has 2 nitrogen and oxygen atoms in total. The van der Waals surface area contributed by atoms with Crippen LogP contribution in [0.1, 0.15) is 46.5 Å². The number of fused-ring (bicyclic) bond motifs is 2. The van der Waals surface area contributed by atoms with E-state index in [1.54, 1.807) is 0 Å². The minimum Gasteiger partial charge on any atom is -0.375 e. The van der Waals surface area contributed by atoms with Crippen LogP contribution in [0.3, 0.4) is 0 Å². The third-order valence-corrected chi connectivity index (χ3v) is 2.77. The minimum absolute atomic E-state index is 0.00144. The van der Waals surface area contributed by atoms with Crippen LogP contribution < -0.4 is 0 Å². The van der Waals surface area contributed by atoms with Gasteiger partial charge in [-0.05, 0) is 46.5 Å². The SMILES string of the molecule is CC(C)(C)OC1CC2CCC(C1)O2. The van der Waals surface area contributed by atoms with Gasteiger partial charge in [-0.2, -0.15) is 0 Å². The van der Waals surface area contributed by atoms with E-state index in [1.165, 1.54) is 12.8 Å². The first-order chi connectivity index (χ1) is 6.03. The molecule has 13 heavy (non-hydrogen) atoms. The lowest BCUT2D eigenvalue weighted by molar-refractivity contribution is -0.127. The molecule has 2 bridgehead atoms. The van der Waals surface area contributed by atoms with Crippen LogP contribution in [0.5, 0.6) is 0 Å². The third kappa shape index (κ3) is 2.44. The molecule has 0 aromatic rings. The molecule has 0 N–H and O–H groups in total. The highest BCUT2D eigenvalue weighted by molar-refractivity contribution is 4.86. The monoisotopic (exact) mass is 184 g/mol. The highest BCUT2D eigenvalue weighted by atomic mass is 16.5. The fraction of sp³-hybridized carbons (Fsp3) is 1.00. The van der Waals surface area contributed by atoms with Crippen molar-refractivity contribution in [2.75, 3.05) is 0 Å². The Bertz CT molecular complexity index is 171. The third-order valence-electron chi connectivity index (χ3n) is 2.77. The van der Waals surface area contributed by atoms with Gasteiger partial charge >= 0.3 is 0 Å². The summed E-state index contributed by atoms with van der Waals surface area (Å²) in [7, 11) is 0. The first-order valence-electron chi connectivity index (χ1n) is 5.36. The van der Waals surface area contributed by atoms with Gasteiger partial charge in [0.15, 0.2) is 0 Å². The Labute approximate surface area is 80.6 Å². The second-order valence-corrected chi connectivity index (χ2v) is 5.28. The highest BCUT2D eigenvalue weighted by Crippen LogP contribution is 2.35. The predicted molar refractivity (Wildman–Crippen MR) is 51.8 cm³/mol. The van der Waals surface area contributed by atoms with Crippen molar-refractivity contribution in [3.63, 3.8) is 0 Å². The maximum Gasteiger partial charge on any atom is 0.0631 e. The Hall–Kier alpha value is -0.0800. The van der Waals surface area contributed by atoms with Crippen LogP contribution in [-0.4, -0.2) is 23.9 Å². The molecular weight excluding hydrogens is 164 g/mol. The second-order valence-electron chi connectivity index (χ2n) is 5.28. The van der Waals surface area contributed by atoms with E-state index in [4.69, 9.17) is 9.47 Å². The van der Waals surface area contributed by atoms with Gasteiger partial charge in [-0.25, -0.2) is 0 Å². The smallest absolute Gasteiger partial charge is 0.0631 e. The van der Waals surface area contributed by atoms with E-state index in [0.29, 0.717) is 18.3 Å². The molecule has 0 saturated carbocycles. The zero-order valence-corrected chi connectivity index (χ0v) is 8.88. The zero-order valence-electron chi connectivity index (χ0n) is 8.88. The fourth-order valence-electron chi connectivity index (χ4n) is 2.41. The first kappa shape index (κ1) is 9.47. The van der Waals surface area contributed by atoms with Crippen molar-refractivity contribution in [3.8, 4) is 0 Å². The summed E-state index contributed by atoms with van der Waals surface area (Å²) in [5.74, 6) is 0. The molecule has 2 rings (SSSR count). The van der Waals surface area contributed by atoms with Gasteiger partial charge in [-0.3, -0.25) is 0 Å². The van der Waals surface area contributed by atoms with Gasteiger partial charge < -0.3 is 9.47 Å². The fourth-order valence-corrected chi connectivity index (χ4v) is 2.41. The van der Waals surface area contributed by atoms with Gasteiger partial charge in [-0.15, -0.1) is 0 Å². The molecule has 2 aliphatic rings. The lowest BCUT2D eigenvalue weighted by Crippen LogP contribution is -2.35. The molecule has 0 amide bonds. The van der Waals surface area contributed by atoms with E-state index in [-0.39, 0.29) is 5.60 Å². The summed E-state index contributed by atoms with van der Waals surface area (Å²) in [6.07, 6.45) is 6.12. The van der Waals surface area contributed by atoms with Gasteiger partial charge in [0.05, 0.1) is 23.9 Å². The van der Waals surface area contributed by atoms with Gasteiger partial charge in [0.1, 0.15) is 0 Å². The van der Waals surface area contributed by atoms with E-state index in [0.717, 1.165) is 12.8 Å². The molecule has 76 valence electrons. The van der Waals surface area contributed by atoms with E-state index in [2.05, 4.69) is 20.8 Å². The minimum atomic E-state index is 0.00144. The van der Waals surface area contributed by atoms with Crippen molar-refractivity contribution in [2.45, 2.75) is 70.4 Å². The number of hydrogen-bond acceptors (Lipinski definition) is 2. The van der Waals surface area contributed by atoms with E-state index >= 15 is 0 Å². The predicted octanol–water partition coefficient (Wildman–Crippen LogP) is 2.51. The number of hydrogen-bond donors (Lipinski definition) is 0. The van der Waals surface area contributed by atoms with Crippen LogP contribution in [0.4, 0.5) is 0 Å². The molecule has 2 atom stereocenters. The lowest BCUT2D eigenvalue weighted by atomic mass is 10.1. The van der Waals surface area contributed by atoms with Crippen LogP contribution in [0.2, 0.25) is 0 Å². The van der Waals surface area contributed by atoms with Crippen LogP contribution >= 0.6 is 0 Å². The standard InChI is InChI=1S/C11H20O2/c1-11(2,3)13-10-6-8-4-5-9(7-10)12-8/h8-10H,4-7H2,1-3H3. The van der Waals surface area contributed by atoms with Gasteiger partial charge in [-0.1, -0.05) is 0 Å². The van der Waals surface area contributed by atoms with Crippen LogP contribution in [-0.2, 0) is 9.47 Å². The topological polar surface area (TPSA) is 18.5 Å². The Balaban J connectivity index is 1.88. The van der Waals surface area contributed by atoms with Crippen molar-refractivity contribution in [3.05, 3.63) is 0 Å². The summed E-state index contributed by atoms with van der Waals surface area (Å²) >= 11 is 0. The second kappa shape index (κ2) is 3.25. The molecule has 0 spiro atoms. The Morgan fingerprint density at radius 2 is 1.62 bits per heavy atom. The molecular formula is C11H20O2. The molecule has 2 heterocycles. The summed E-state index contributed by atoms with van der Waals surface area (Å²) in [6, 6.07) is 0. The van der Waals surface area contributed by atoms with E-state index in [1.807, 2.05) is 0 Å². The average molecular weight is 184 g/mol. The molecule has 0 radical (unpaired) electrons. The molecule has 2 heteroatoms. The maximum absolute atomic E-state index is 5.98. The number of rotatable bonds is 1. The van der Waals surface area contributed by atoms with Crippen LogP contribution in [0.15, 0.2) is 0 Å². The van der Waals surface area contributed by atoms with Crippen molar-refractivity contribution >= 4 is 0 Å². The largest absolute Gasteiger partial charge is 0.375 e. The molecule has 2 saturated heterocycles. The quantitative estimate of drug-likeness (QED) is 0.623. The van der Waals surface area contributed by atoms with Gasteiger partial charge in [0.25, 0.3) is 0 Å².